The van der Waals surface area contributed by atoms with Crippen molar-refractivity contribution in [3.05, 3.63) is 0 Å². The van der Waals surface area contributed by atoms with Gasteiger partial charge in [-0.25, -0.2) is 0 Å². The fraction of sp³-hybridized carbons (Fsp3) is 0.867. The van der Waals surface area contributed by atoms with E-state index in [0.29, 0.717) is 32.8 Å². The monoisotopic (exact) mass is 300 g/mol. The molecule has 2 aliphatic rings. The van der Waals surface area contributed by atoms with E-state index in [2.05, 4.69) is 0 Å². The second kappa shape index (κ2) is 7.75. The van der Waals surface area contributed by atoms with Gasteiger partial charge in [-0.2, -0.15) is 0 Å². The molecular weight excluding hydrogens is 276 g/mol. The molecule has 2 rings (SSSR count). The molecule has 6 heteroatoms. The lowest BCUT2D eigenvalue weighted by Crippen LogP contribution is -2.25. The molecule has 2 fully saturated rings. The van der Waals surface area contributed by atoms with Crippen molar-refractivity contribution < 1.29 is 28.5 Å². The lowest BCUT2D eigenvalue weighted by Gasteiger charge is -2.21. The average Bonchev–Trinajstić information content (AvgIpc) is 3.03. The molecule has 0 spiro atoms. The summed E-state index contributed by atoms with van der Waals surface area (Å²) < 4.78 is 21.0. The van der Waals surface area contributed by atoms with E-state index in [1.54, 1.807) is 0 Å². The van der Waals surface area contributed by atoms with Crippen molar-refractivity contribution in [2.45, 2.75) is 51.2 Å². The van der Waals surface area contributed by atoms with Crippen LogP contribution < -0.4 is 0 Å². The highest BCUT2D eigenvalue weighted by Gasteiger charge is 2.30. The molecule has 0 radical (unpaired) electrons. The quantitative estimate of drug-likeness (QED) is 0.503. The summed E-state index contributed by atoms with van der Waals surface area (Å²) in [4.78, 5) is 22.5. The normalized spacial score (nSPS) is 24.0. The highest BCUT2D eigenvalue weighted by molar-refractivity contribution is 5.74. The summed E-state index contributed by atoms with van der Waals surface area (Å²) in [5, 5.41) is 0. The highest BCUT2D eigenvalue weighted by Crippen LogP contribution is 2.25. The van der Waals surface area contributed by atoms with Crippen molar-refractivity contribution in [3.8, 4) is 0 Å². The molecule has 1 atom stereocenters. The van der Waals surface area contributed by atoms with Crippen LogP contribution in [0.25, 0.3) is 0 Å². The number of carbonyl (C=O) groups excluding carboxylic acids is 2. The van der Waals surface area contributed by atoms with Gasteiger partial charge in [-0.05, 0) is 26.2 Å². The van der Waals surface area contributed by atoms with Crippen molar-refractivity contribution in [1.29, 1.82) is 0 Å². The first-order valence-electron chi connectivity index (χ1n) is 7.66. The zero-order valence-corrected chi connectivity index (χ0v) is 12.6. The first kappa shape index (κ1) is 16.2. The van der Waals surface area contributed by atoms with Crippen LogP contribution in [0.3, 0.4) is 0 Å². The van der Waals surface area contributed by atoms with Crippen molar-refractivity contribution in [2.75, 3.05) is 26.4 Å². The van der Waals surface area contributed by atoms with Crippen LogP contribution in [-0.2, 0) is 28.5 Å². The molecule has 0 N–H and O–H groups in total. The maximum atomic E-state index is 11.6. The molecule has 0 bridgehead atoms. The van der Waals surface area contributed by atoms with Gasteiger partial charge in [0.05, 0.1) is 39.3 Å². The van der Waals surface area contributed by atoms with Crippen LogP contribution in [-0.4, -0.2) is 44.2 Å². The van der Waals surface area contributed by atoms with Crippen molar-refractivity contribution in [1.82, 2.24) is 0 Å². The standard InChI is InChI=1S/C15H24O6/c1-15(20-7-8-21-15)5-3-2-4-6-18-13(16)9-12-10-14(17)19-11-12/h12H,2-11H2,1H3. The van der Waals surface area contributed by atoms with E-state index in [9.17, 15) is 9.59 Å². The molecule has 0 aromatic carbocycles. The summed E-state index contributed by atoms with van der Waals surface area (Å²) in [6, 6.07) is 0. The number of unbranched alkanes of at least 4 members (excludes halogenated alkanes) is 2. The van der Waals surface area contributed by atoms with Crippen molar-refractivity contribution >= 4 is 11.9 Å². The predicted molar refractivity (Wildman–Crippen MR) is 73.4 cm³/mol. The Morgan fingerprint density at radius 1 is 1.29 bits per heavy atom. The number of rotatable bonds is 8. The van der Waals surface area contributed by atoms with Crippen LogP contribution in [0.2, 0.25) is 0 Å². The molecule has 0 saturated carbocycles. The van der Waals surface area contributed by atoms with Gasteiger partial charge in [0.2, 0.25) is 0 Å². The molecule has 0 aliphatic carbocycles. The molecule has 2 heterocycles. The van der Waals surface area contributed by atoms with E-state index in [4.69, 9.17) is 18.9 Å². The number of hydrogen-bond donors (Lipinski definition) is 0. The van der Waals surface area contributed by atoms with Crippen LogP contribution in [0.15, 0.2) is 0 Å². The molecule has 6 nitrogen and oxygen atoms in total. The van der Waals surface area contributed by atoms with E-state index in [1.807, 2.05) is 6.92 Å². The zero-order chi connectivity index (χ0) is 15.1. The van der Waals surface area contributed by atoms with Gasteiger partial charge in [-0.1, -0.05) is 0 Å². The molecule has 1 unspecified atom stereocenters. The van der Waals surface area contributed by atoms with Crippen LogP contribution in [0, 0.1) is 5.92 Å². The SMILES string of the molecule is CC1(CCCCCOC(=O)CC2COC(=O)C2)OCCO1. The van der Waals surface area contributed by atoms with Crippen LogP contribution in [0.4, 0.5) is 0 Å². The van der Waals surface area contributed by atoms with Crippen LogP contribution in [0.5, 0.6) is 0 Å². The Kier molecular flexibility index (Phi) is 5.99. The van der Waals surface area contributed by atoms with Crippen molar-refractivity contribution in [3.63, 3.8) is 0 Å². The summed E-state index contributed by atoms with van der Waals surface area (Å²) >= 11 is 0. The second-order valence-corrected chi connectivity index (χ2v) is 5.82. The average molecular weight is 300 g/mol. The van der Waals surface area contributed by atoms with Gasteiger partial charge in [-0.3, -0.25) is 9.59 Å². The van der Waals surface area contributed by atoms with E-state index < -0.39 is 5.79 Å². The van der Waals surface area contributed by atoms with E-state index in [0.717, 1.165) is 25.7 Å². The lowest BCUT2D eigenvalue weighted by molar-refractivity contribution is -0.148. The fourth-order valence-electron chi connectivity index (χ4n) is 2.60. The third-order valence-corrected chi connectivity index (χ3v) is 3.83. The number of cyclic esters (lactones) is 1. The van der Waals surface area contributed by atoms with Crippen LogP contribution >= 0.6 is 0 Å². The predicted octanol–water partition coefficient (Wildman–Crippen LogP) is 1.81. The van der Waals surface area contributed by atoms with Gasteiger partial charge >= 0.3 is 11.9 Å². The third-order valence-electron chi connectivity index (χ3n) is 3.83. The van der Waals surface area contributed by atoms with Gasteiger partial charge in [0, 0.05) is 12.3 Å². The molecule has 2 aliphatic heterocycles. The number of hydrogen-bond acceptors (Lipinski definition) is 6. The van der Waals surface area contributed by atoms with Gasteiger partial charge < -0.3 is 18.9 Å². The summed E-state index contributed by atoms with van der Waals surface area (Å²) in [7, 11) is 0. The van der Waals surface area contributed by atoms with E-state index in [-0.39, 0.29) is 24.3 Å². The molecular formula is C15H24O6. The maximum absolute atomic E-state index is 11.6. The van der Waals surface area contributed by atoms with E-state index >= 15 is 0 Å². The topological polar surface area (TPSA) is 71.1 Å². The second-order valence-electron chi connectivity index (χ2n) is 5.82. The first-order chi connectivity index (χ1) is 10.1. The Bertz CT molecular complexity index is 361. The number of esters is 2. The van der Waals surface area contributed by atoms with Gasteiger partial charge in [0.15, 0.2) is 5.79 Å². The molecule has 0 aromatic rings. The summed E-state index contributed by atoms with van der Waals surface area (Å²) in [6.07, 6.45) is 4.25. The molecule has 0 aromatic heterocycles. The summed E-state index contributed by atoms with van der Waals surface area (Å²) in [5.41, 5.74) is 0. The molecule has 120 valence electrons. The molecule has 21 heavy (non-hydrogen) atoms. The first-order valence-corrected chi connectivity index (χ1v) is 7.66. The Morgan fingerprint density at radius 2 is 2.05 bits per heavy atom. The fourth-order valence-corrected chi connectivity index (χ4v) is 2.60. The van der Waals surface area contributed by atoms with Crippen LogP contribution in [0.1, 0.15) is 45.4 Å². The summed E-state index contributed by atoms with van der Waals surface area (Å²) in [5.74, 6) is -0.905. The smallest absolute Gasteiger partial charge is 0.306 e. The summed E-state index contributed by atoms with van der Waals surface area (Å²) in [6.45, 7) is 4.07. The minimum absolute atomic E-state index is 0.0124. The highest BCUT2D eigenvalue weighted by atomic mass is 16.7. The minimum Gasteiger partial charge on any atom is -0.466 e. The number of carbonyl (C=O) groups is 2. The molecule has 0 amide bonds. The minimum atomic E-state index is -0.425. The van der Waals surface area contributed by atoms with Gasteiger partial charge in [0.1, 0.15) is 0 Å². The Morgan fingerprint density at radius 3 is 2.71 bits per heavy atom. The van der Waals surface area contributed by atoms with E-state index in [1.165, 1.54) is 0 Å². The zero-order valence-electron chi connectivity index (χ0n) is 12.6. The third kappa shape index (κ3) is 5.63. The Labute approximate surface area is 125 Å². The molecule has 2 saturated heterocycles. The van der Waals surface area contributed by atoms with Crippen molar-refractivity contribution in [2.24, 2.45) is 5.92 Å². The van der Waals surface area contributed by atoms with Gasteiger partial charge in [0.25, 0.3) is 0 Å². The maximum Gasteiger partial charge on any atom is 0.306 e. The largest absolute Gasteiger partial charge is 0.466 e. The number of ether oxygens (including phenoxy) is 4. The Balaban J connectivity index is 1.46. The lowest BCUT2D eigenvalue weighted by atomic mass is 10.1. The Hall–Kier alpha value is -1.14. The van der Waals surface area contributed by atoms with Gasteiger partial charge in [-0.15, -0.1) is 0 Å².